The second-order valence-electron chi connectivity index (χ2n) is 6.78. The summed E-state index contributed by atoms with van der Waals surface area (Å²) in [5, 5.41) is 4.03. The minimum absolute atomic E-state index is 0.00873. The summed E-state index contributed by atoms with van der Waals surface area (Å²) in [6.45, 7) is 2.48. The number of rotatable bonds is 5. The zero-order chi connectivity index (χ0) is 16.7. The van der Waals surface area contributed by atoms with Crippen LogP contribution >= 0.6 is 0 Å². The third kappa shape index (κ3) is 3.10. The summed E-state index contributed by atoms with van der Waals surface area (Å²) < 4.78 is 32.7. The van der Waals surface area contributed by atoms with E-state index in [2.05, 4.69) is 10.1 Å². The second-order valence-corrected chi connectivity index (χ2v) is 8.70. The van der Waals surface area contributed by atoms with Gasteiger partial charge in [-0.25, -0.2) is 8.42 Å². The van der Waals surface area contributed by atoms with Crippen LogP contribution in [0.4, 0.5) is 0 Å². The lowest BCUT2D eigenvalue weighted by Gasteiger charge is -2.21. The van der Waals surface area contributed by atoms with Gasteiger partial charge in [0.1, 0.15) is 6.04 Å². The maximum absolute atomic E-state index is 12.9. The molecule has 6 nitrogen and oxygen atoms in total. The Morgan fingerprint density at radius 2 is 2.12 bits per heavy atom. The van der Waals surface area contributed by atoms with Gasteiger partial charge in [0.15, 0.2) is 5.82 Å². The normalized spacial score (nSPS) is 22.1. The van der Waals surface area contributed by atoms with Gasteiger partial charge in [-0.15, -0.1) is 0 Å². The van der Waals surface area contributed by atoms with Gasteiger partial charge in [-0.2, -0.15) is 9.29 Å². The second kappa shape index (κ2) is 5.97. The van der Waals surface area contributed by atoms with Crippen molar-refractivity contribution in [1.82, 2.24) is 14.4 Å². The highest BCUT2D eigenvalue weighted by atomic mass is 32.2. The van der Waals surface area contributed by atoms with Crippen molar-refractivity contribution in [3.63, 3.8) is 0 Å². The molecule has 1 aliphatic carbocycles. The van der Waals surface area contributed by atoms with Crippen molar-refractivity contribution in [1.29, 1.82) is 0 Å². The minimum atomic E-state index is -3.42. The van der Waals surface area contributed by atoms with Crippen LogP contribution in [0.5, 0.6) is 0 Å². The van der Waals surface area contributed by atoms with E-state index in [1.165, 1.54) is 0 Å². The summed E-state index contributed by atoms with van der Waals surface area (Å²) >= 11 is 0. The van der Waals surface area contributed by atoms with Gasteiger partial charge in [0.05, 0.1) is 5.75 Å². The van der Waals surface area contributed by atoms with E-state index in [9.17, 15) is 8.42 Å². The van der Waals surface area contributed by atoms with E-state index in [0.717, 1.165) is 42.6 Å². The summed E-state index contributed by atoms with van der Waals surface area (Å²) in [6, 6.07) is 7.31. The Morgan fingerprint density at radius 3 is 2.88 bits per heavy atom. The smallest absolute Gasteiger partial charge is 0.245 e. The molecule has 0 spiro atoms. The van der Waals surface area contributed by atoms with Crippen LogP contribution in [0.25, 0.3) is 0 Å². The van der Waals surface area contributed by atoms with E-state index in [1.54, 1.807) is 4.31 Å². The van der Waals surface area contributed by atoms with E-state index in [1.807, 2.05) is 31.2 Å². The number of hydrogen-bond acceptors (Lipinski definition) is 5. The molecule has 7 heteroatoms. The standard InChI is InChI=1S/C17H21N3O3S/c1-12-4-2-5-13(10-12)11-24(21,22)20-9-3-6-15(20)17-18-16(19-23-17)14-7-8-14/h2,4-5,10,14-15H,3,6-9,11H2,1H3. The first-order valence-corrected chi connectivity index (χ1v) is 10.0. The third-order valence-corrected chi connectivity index (χ3v) is 6.53. The maximum Gasteiger partial charge on any atom is 0.245 e. The van der Waals surface area contributed by atoms with Crippen LogP contribution in [0.1, 0.15) is 60.5 Å². The van der Waals surface area contributed by atoms with Crippen LogP contribution in [0.2, 0.25) is 0 Å². The molecule has 1 atom stereocenters. The number of benzene rings is 1. The molecule has 0 radical (unpaired) electrons. The average molecular weight is 347 g/mol. The zero-order valence-corrected chi connectivity index (χ0v) is 14.5. The van der Waals surface area contributed by atoms with Crippen molar-refractivity contribution in [3.05, 3.63) is 47.1 Å². The molecule has 1 aliphatic heterocycles. The van der Waals surface area contributed by atoms with Gasteiger partial charge in [0.25, 0.3) is 0 Å². The molecule has 128 valence electrons. The predicted molar refractivity (Wildman–Crippen MR) is 88.8 cm³/mol. The van der Waals surface area contributed by atoms with E-state index >= 15 is 0 Å². The molecule has 0 N–H and O–H groups in total. The van der Waals surface area contributed by atoms with Crippen molar-refractivity contribution in [2.45, 2.75) is 50.3 Å². The third-order valence-electron chi connectivity index (χ3n) is 4.68. The molecule has 24 heavy (non-hydrogen) atoms. The van der Waals surface area contributed by atoms with Crippen molar-refractivity contribution >= 4 is 10.0 Å². The van der Waals surface area contributed by atoms with Crippen molar-refractivity contribution in [3.8, 4) is 0 Å². The predicted octanol–water partition coefficient (Wildman–Crippen LogP) is 2.92. The largest absolute Gasteiger partial charge is 0.338 e. The fourth-order valence-corrected chi connectivity index (χ4v) is 5.06. The first-order valence-electron chi connectivity index (χ1n) is 8.41. The van der Waals surface area contributed by atoms with Crippen LogP contribution in [0.3, 0.4) is 0 Å². The highest BCUT2D eigenvalue weighted by Crippen LogP contribution is 2.40. The molecule has 2 heterocycles. The molecule has 1 unspecified atom stereocenters. The Balaban J connectivity index is 1.56. The Kier molecular flexibility index (Phi) is 3.92. The summed E-state index contributed by atoms with van der Waals surface area (Å²) in [4.78, 5) is 4.46. The number of hydrogen-bond donors (Lipinski definition) is 0. The van der Waals surface area contributed by atoms with Gasteiger partial charge >= 0.3 is 0 Å². The van der Waals surface area contributed by atoms with Crippen LogP contribution in [-0.2, 0) is 15.8 Å². The molecule has 0 amide bonds. The summed E-state index contributed by atoms with van der Waals surface area (Å²) in [5.74, 6) is 1.59. The summed E-state index contributed by atoms with van der Waals surface area (Å²) in [6.07, 6.45) is 3.75. The first kappa shape index (κ1) is 15.8. The first-order chi connectivity index (χ1) is 11.5. The van der Waals surface area contributed by atoms with Gasteiger partial charge in [-0.05, 0) is 38.2 Å². The Bertz CT molecular complexity index is 842. The van der Waals surface area contributed by atoms with Crippen molar-refractivity contribution in [2.75, 3.05) is 6.54 Å². The molecule has 2 aliphatic rings. The lowest BCUT2D eigenvalue weighted by molar-refractivity contribution is 0.289. The molecule has 4 rings (SSSR count). The monoisotopic (exact) mass is 347 g/mol. The zero-order valence-electron chi connectivity index (χ0n) is 13.7. The van der Waals surface area contributed by atoms with E-state index < -0.39 is 10.0 Å². The number of aryl methyl sites for hydroxylation is 1. The molecule has 1 aromatic carbocycles. The topological polar surface area (TPSA) is 76.3 Å². The lowest BCUT2D eigenvalue weighted by atomic mass is 10.2. The average Bonchev–Trinajstić information content (AvgIpc) is 3.07. The molecular weight excluding hydrogens is 326 g/mol. The van der Waals surface area contributed by atoms with E-state index in [-0.39, 0.29) is 11.8 Å². The van der Waals surface area contributed by atoms with Crippen molar-refractivity contribution in [2.24, 2.45) is 0 Å². The van der Waals surface area contributed by atoms with E-state index in [0.29, 0.717) is 18.4 Å². The van der Waals surface area contributed by atoms with Gasteiger partial charge in [0.2, 0.25) is 15.9 Å². The number of nitrogens with zero attached hydrogens (tertiary/aromatic N) is 3. The molecule has 1 saturated heterocycles. The fraction of sp³-hybridized carbons (Fsp3) is 0.529. The fourth-order valence-electron chi connectivity index (χ4n) is 3.31. The highest BCUT2D eigenvalue weighted by molar-refractivity contribution is 7.88. The lowest BCUT2D eigenvalue weighted by Crippen LogP contribution is -2.32. The summed E-state index contributed by atoms with van der Waals surface area (Å²) in [7, 11) is -3.42. The maximum atomic E-state index is 12.9. The Morgan fingerprint density at radius 1 is 1.29 bits per heavy atom. The summed E-state index contributed by atoms with van der Waals surface area (Å²) in [5.41, 5.74) is 1.87. The Labute approximate surface area is 141 Å². The molecule has 1 saturated carbocycles. The van der Waals surface area contributed by atoms with Gasteiger partial charge < -0.3 is 4.52 Å². The quantitative estimate of drug-likeness (QED) is 0.831. The highest BCUT2D eigenvalue weighted by Gasteiger charge is 2.39. The van der Waals surface area contributed by atoms with Crippen LogP contribution < -0.4 is 0 Å². The van der Waals surface area contributed by atoms with Crippen LogP contribution in [0.15, 0.2) is 28.8 Å². The van der Waals surface area contributed by atoms with E-state index in [4.69, 9.17) is 4.52 Å². The molecular formula is C17H21N3O3S. The van der Waals surface area contributed by atoms with Gasteiger partial charge in [0, 0.05) is 12.5 Å². The van der Waals surface area contributed by atoms with Crippen LogP contribution in [-0.4, -0.2) is 29.4 Å². The molecule has 0 bridgehead atoms. The molecule has 2 aromatic rings. The van der Waals surface area contributed by atoms with Gasteiger partial charge in [-0.1, -0.05) is 35.0 Å². The SMILES string of the molecule is Cc1cccc(CS(=O)(=O)N2CCCC2c2nc(C3CC3)no2)c1. The number of sulfonamides is 1. The molecule has 2 fully saturated rings. The molecule has 1 aromatic heterocycles. The van der Waals surface area contributed by atoms with Gasteiger partial charge in [-0.3, -0.25) is 0 Å². The van der Waals surface area contributed by atoms with Crippen molar-refractivity contribution < 1.29 is 12.9 Å². The van der Waals surface area contributed by atoms with Crippen LogP contribution in [0, 0.1) is 6.92 Å². The minimum Gasteiger partial charge on any atom is -0.338 e. The number of aromatic nitrogens is 2. The Hall–Kier alpha value is -1.73.